The standard InChI is InChI=1S/C15H14BrNO4/c1-3-20-13-5-4-6-14(15(13)17(18)19)21-11-7-8-12(16)10(2)9-11/h4-9H,3H2,1-2H3. The number of benzene rings is 2. The van der Waals surface area contributed by atoms with Gasteiger partial charge in [-0.3, -0.25) is 10.1 Å². The van der Waals surface area contributed by atoms with Gasteiger partial charge in [-0.2, -0.15) is 0 Å². The summed E-state index contributed by atoms with van der Waals surface area (Å²) in [5.74, 6) is 0.897. The highest BCUT2D eigenvalue weighted by Crippen LogP contribution is 2.39. The molecular weight excluding hydrogens is 338 g/mol. The molecule has 0 fully saturated rings. The normalized spacial score (nSPS) is 10.2. The van der Waals surface area contributed by atoms with Gasteiger partial charge in [-0.1, -0.05) is 22.0 Å². The smallest absolute Gasteiger partial charge is 0.352 e. The summed E-state index contributed by atoms with van der Waals surface area (Å²) in [6, 6.07) is 10.2. The molecule has 5 nitrogen and oxygen atoms in total. The summed E-state index contributed by atoms with van der Waals surface area (Å²) in [6.07, 6.45) is 0. The largest absolute Gasteiger partial charge is 0.487 e. The summed E-state index contributed by atoms with van der Waals surface area (Å²) in [6.45, 7) is 4.04. The lowest BCUT2D eigenvalue weighted by atomic mass is 10.2. The first kappa shape index (κ1) is 15.3. The maximum Gasteiger partial charge on any atom is 0.352 e. The van der Waals surface area contributed by atoms with Crippen LogP contribution in [0.1, 0.15) is 12.5 Å². The number of aryl methyl sites for hydroxylation is 1. The molecule has 0 atom stereocenters. The third-order valence-electron chi connectivity index (χ3n) is 2.80. The van der Waals surface area contributed by atoms with E-state index in [0.717, 1.165) is 10.0 Å². The van der Waals surface area contributed by atoms with Crippen LogP contribution in [0.5, 0.6) is 17.2 Å². The number of hydrogen-bond donors (Lipinski definition) is 0. The highest BCUT2D eigenvalue weighted by atomic mass is 79.9. The van der Waals surface area contributed by atoms with Gasteiger partial charge in [0.1, 0.15) is 5.75 Å². The van der Waals surface area contributed by atoms with Gasteiger partial charge in [-0.25, -0.2) is 0 Å². The third-order valence-corrected chi connectivity index (χ3v) is 3.69. The van der Waals surface area contributed by atoms with Crippen LogP contribution >= 0.6 is 15.9 Å². The highest BCUT2D eigenvalue weighted by molar-refractivity contribution is 9.10. The Morgan fingerprint density at radius 1 is 1.24 bits per heavy atom. The lowest BCUT2D eigenvalue weighted by Crippen LogP contribution is -1.99. The first-order valence-corrected chi connectivity index (χ1v) is 7.16. The van der Waals surface area contributed by atoms with Gasteiger partial charge in [0, 0.05) is 4.47 Å². The molecule has 0 bridgehead atoms. The van der Waals surface area contributed by atoms with Gasteiger partial charge in [0.05, 0.1) is 11.5 Å². The lowest BCUT2D eigenvalue weighted by Gasteiger charge is -2.10. The van der Waals surface area contributed by atoms with Crippen LogP contribution in [0.4, 0.5) is 5.69 Å². The summed E-state index contributed by atoms with van der Waals surface area (Å²) in [5.41, 5.74) is 0.816. The van der Waals surface area contributed by atoms with Crippen LogP contribution in [0.15, 0.2) is 40.9 Å². The second-order valence-electron chi connectivity index (χ2n) is 4.31. The Morgan fingerprint density at radius 2 is 1.95 bits per heavy atom. The van der Waals surface area contributed by atoms with Crippen LogP contribution in [-0.2, 0) is 0 Å². The van der Waals surface area contributed by atoms with Gasteiger partial charge in [-0.05, 0) is 49.7 Å². The van der Waals surface area contributed by atoms with E-state index in [4.69, 9.17) is 9.47 Å². The molecule has 0 unspecified atom stereocenters. The van der Waals surface area contributed by atoms with Crippen molar-refractivity contribution in [2.75, 3.05) is 6.61 Å². The Morgan fingerprint density at radius 3 is 2.57 bits per heavy atom. The van der Waals surface area contributed by atoms with Gasteiger partial charge < -0.3 is 9.47 Å². The zero-order valence-corrected chi connectivity index (χ0v) is 13.2. The summed E-state index contributed by atoms with van der Waals surface area (Å²) in [7, 11) is 0. The fourth-order valence-electron chi connectivity index (χ4n) is 1.84. The van der Waals surface area contributed by atoms with Crippen molar-refractivity contribution in [2.45, 2.75) is 13.8 Å². The van der Waals surface area contributed by atoms with Gasteiger partial charge in [0.25, 0.3) is 0 Å². The topological polar surface area (TPSA) is 61.6 Å². The van der Waals surface area contributed by atoms with E-state index in [2.05, 4.69) is 15.9 Å². The van der Waals surface area contributed by atoms with E-state index in [-0.39, 0.29) is 17.2 Å². The molecule has 110 valence electrons. The average Bonchev–Trinajstić information content (AvgIpc) is 2.43. The summed E-state index contributed by atoms with van der Waals surface area (Å²) in [4.78, 5) is 10.8. The number of rotatable bonds is 5. The van der Waals surface area contributed by atoms with E-state index in [0.29, 0.717) is 12.4 Å². The number of nitro benzene ring substituents is 1. The third kappa shape index (κ3) is 3.52. The van der Waals surface area contributed by atoms with Crippen LogP contribution in [0.3, 0.4) is 0 Å². The molecule has 0 amide bonds. The van der Waals surface area contributed by atoms with Crippen molar-refractivity contribution in [3.8, 4) is 17.2 Å². The molecule has 2 rings (SSSR count). The Bertz CT molecular complexity index is 673. The Kier molecular flexibility index (Phi) is 4.80. The second-order valence-corrected chi connectivity index (χ2v) is 5.16. The zero-order valence-electron chi connectivity index (χ0n) is 11.6. The minimum Gasteiger partial charge on any atom is -0.487 e. The monoisotopic (exact) mass is 351 g/mol. The van der Waals surface area contributed by atoms with Crippen molar-refractivity contribution in [3.63, 3.8) is 0 Å². The highest BCUT2D eigenvalue weighted by Gasteiger charge is 2.22. The zero-order chi connectivity index (χ0) is 15.4. The van der Waals surface area contributed by atoms with Gasteiger partial charge in [0.2, 0.25) is 11.5 Å². The number of hydrogen-bond acceptors (Lipinski definition) is 4. The van der Waals surface area contributed by atoms with Gasteiger partial charge in [0.15, 0.2) is 0 Å². The van der Waals surface area contributed by atoms with E-state index in [1.54, 1.807) is 37.3 Å². The molecule has 0 aliphatic heterocycles. The first-order chi connectivity index (χ1) is 10.0. The number of nitrogens with zero attached hydrogens (tertiary/aromatic N) is 1. The Hall–Kier alpha value is -2.08. The molecule has 0 radical (unpaired) electrons. The molecule has 0 aliphatic rings. The summed E-state index contributed by atoms with van der Waals surface area (Å²) < 4.78 is 11.9. The van der Waals surface area contributed by atoms with E-state index in [9.17, 15) is 10.1 Å². The predicted octanol–water partition coefficient (Wildman–Crippen LogP) is 4.86. The van der Waals surface area contributed by atoms with Crippen molar-refractivity contribution in [3.05, 3.63) is 56.5 Å². The fourth-order valence-corrected chi connectivity index (χ4v) is 2.09. The second kappa shape index (κ2) is 6.58. The number of halogens is 1. The van der Waals surface area contributed by atoms with Crippen molar-refractivity contribution in [1.82, 2.24) is 0 Å². The molecule has 0 aliphatic carbocycles. The number of ether oxygens (including phenoxy) is 2. The molecule has 0 aromatic heterocycles. The van der Waals surface area contributed by atoms with Gasteiger partial charge in [-0.15, -0.1) is 0 Å². The maximum atomic E-state index is 11.3. The maximum absolute atomic E-state index is 11.3. The van der Waals surface area contributed by atoms with Crippen molar-refractivity contribution in [1.29, 1.82) is 0 Å². The van der Waals surface area contributed by atoms with E-state index < -0.39 is 4.92 Å². The molecule has 2 aromatic carbocycles. The molecule has 2 aromatic rings. The summed E-state index contributed by atoms with van der Waals surface area (Å²) >= 11 is 3.40. The lowest BCUT2D eigenvalue weighted by molar-refractivity contribution is -0.386. The van der Waals surface area contributed by atoms with Crippen LogP contribution < -0.4 is 9.47 Å². The quantitative estimate of drug-likeness (QED) is 0.570. The molecule has 21 heavy (non-hydrogen) atoms. The average molecular weight is 352 g/mol. The minimum absolute atomic E-state index is 0.160. The van der Waals surface area contributed by atoms with Crippen LogP contribution in [0.2, 0.25) is 0 Å². The fraction of sp³-hybridized carbons (Fsp3) is 0.200. The van der Waals surface area contributed by atoms with Crippen molar-refractivity contribution < 1.29 is 14.4 Å². The van der Waals surface area contributed by atoms with Crippen molar-refractivity contribution in [2.24, 2.45) is 0 Å². The Balaban J connectivity index is 2.41. The first-order valence-electron chi connectivity index (χ1n) is 6.37. The van der Waals surface area contributed by atoms with E-state index in [1.807, 2.05) is 13.0 Å². The molecule has 0 saturated carbocycles. The Labute approximate surface area is 130 Å². The molecule has 0 saturated heterocycles. The molecule has 0 heterocycles. The molecular formula is C15H14BrNO4. The van der Waals surface area contributed by atoms with Crippen LogP contribution in [0.25, 0.3) is 0 Å². The summed E-state index contributed by atoms with van der Waals surface area (Å²) in [5, 5.41) is 11.3. The predicted molar refractivity (Wildman–Crippen MR) is 83.2 cm³/mol. The molecule has 0 N–H and O–H groups in total. The number of nitro groups is 1. The molecule has 0 spiro atoms. The number of para-hydroxylation sites is 1. The molecule has 6 heteroatoms. The van der Waals surface area contributed by atoms with Crippen LogP contribution in [0, 0.1) is 17.0 Å². The van der Waals surface area contributed by atoms with Gasteiger partial charge >= 0.3 is 5.69 Å². The van der Waals surface area contributed by atoms with E-state index >= 15 is 0 Å². The van der Waals surface area contributed by atoms with E-state index in [1.165, 1.54) is 0 Å². The van der Waals surface area contributed by atoms with Crippen LogP contribution in [-0.4, -0.2) is 11.5 Å². The van der Waals surface area contributed by atoms with Crippen molar-refractivity contribution >= 4 is 21.6 Å². The SMILES string of the molecule is CCOc1cccc(Oc2ccc(Br)c(C)c2)c1[N+](=O)[O-]. The minimum atomic E-state index is -0.494.